The van der Waals surface area contributed by atoms with Gasteiger partial charge in [0.25, 0.3) is 0 Å². The van der Waals surface area contributed by atoms with Crippen molar-refractivity contribution in [3.05, 3.63) is 88.4 Å². The first-order valence-electron chi connectivity index (χ1n) is 10.4. The number of hydrogen-bond acceptors (Lipinski definition) is 5. The zero-order valence-corrected chi connectivity index (χ0v) is 19.9. The number of thioether (sulfide) groups is 1. The fraction of sp³-hybridized carbons (Fsp3) is 0.231. The van der Waals surface area contributed by atoms with Crippen molar-refractivity contribution in [3.8, 4) is 5.75 Å². The smallest absolute Gasteiger partial charge is 0.330 e. The van der Waals surface area contributed by atoms with E-state index in [1.165, 1.54) is 5.56 Å². The molecule has 0 atom stereocenters. The first kappa shape index (κ1) is 24.7. The summed E-state index contributed by atoms with van der Waals surface area (Å²) in [6, 6.07) is 21.6. The van der Waals surface area contributed by atoms with Crippen LogP contribution in [0, 0.1) is 0 Å². The summed E-state index contributed by atoms with van der Waals surface area (Å²) in [6.45, 7) is 2.00. The molecule has 0 aliphatic heterocycles. The van der Waals surface area contributed by atoms with Gasteiger partial charge in [-0.2, -0.15) is 0 Å². The lowest BCUT2D eigenvalue weighted by molar-refractivity contribution is -0.142. The minimum absolute atomic E-state index is 0.460. The molecular weight excluding hydrogens is 458 g/mol. The van der Waals surface area contributed by atoms with Crippen LogP contribution in [0.5, 0.6) is 5.75 Å². The van der Waals surface area contributed by atoms with Crippen LogP contribution in [-0.2, 0) is 28.9 Å². The highest BCUT2D eigenvalue weighted by Crippen LogP contribution is 2.37. The standard InChI is InChI=1S/C25H24ClNO3S.CH2O/c1-30-22-10-9-21(14-23(22)31-12-11-17-5-4-8-20(26)13-17)27-25(24(28)29)15-18-6-2-3-7-19(18)16-25;1-2/h2-10,13-14,27H,11-12,15-16H2,1H3,(H,28,29);1H2. The third-order valence-electron chi connectivity index (χ3n) is 5.60. The van der Waals surface area contributed by atoms with Gasteiger partial charge in [0, 0.05) is 29.3 Å². The second kappa shape index (κ2) is 11.3. The van der Waals surface area contributed by atoms with Crippen molar-refractivity contribution >= 4 is 41.8 Å². The van der Waals surface area contributed by atoms with E-state index in [1.807, 2.05) is 67.5 Å². The Morgan fingerprint density at radius 3 is 2.39 bits per heavy atom. The molecule has 0 saturated heterocycles. The molecule has 0 saturated carbocycles. The third-order valence-corrected chi connectivity index (χ3v) is 6.87. The average molecular weight is 484 g/mol. The maximum Gasteiger partial charge on any atom is 0.330 e. The Morgan fingerprint density at radius 2 is 1.79 bits per heavy atom. The number of rotatable bonds is 8. The minimum Gasteiger partial charge on any atom is -0.496 e. The number of carboxylic acid groups (broad SMARTS) is 1. The van der Waals surface area contributed by atoms with Crippen molar-refractivity contribution in [2.75, 3.05) is 18.2 Å². The normalized spacial score (nSPS) is 13.4. The molecule has 1 aliphatic rings. The van der Waals surface area contributed by atoms with E-state index >= 15 is 0 Å². The fourth-order valence-electron chi connectivity index (χ4n) is 4.02. The summed E-state index contributed by atoms with van der Waals surface area (Å²) in [6.07, 6.45) is 1.80. The lowest BCUT2D eigenvalue weighted by Gasteiger charge is -2.27. The Kier molecular flexibility index (Phi) is 8.42. The molecule has 0 bridgehead atoms. The molecule has 7 heteroatoms. The van der Waals surface area contributed by atoms with Crippen LogP contribution in [0.3, 0.4) is 0 Å². The highest BCUT2D eigenvalue weighted by Gasteiger charge is 2.44. The van der Waals surface area contributed by atoms with Crippen LogP contribution in [0.2, 0.25) is 5.02 Å². The summed E-state index contributed by atoms with van der Waals surface area (Å²) in [5.41, 5.74) is 3.09. The second-order valence-electron chi connectivity index (χ2n) is 7.73. The number of aliphatic carboxylic acids is 1. The number of carbonyl (C=O) groups excluding carboxylic acids is 1. The Labute approximate surface area is 203 Å². The number of carboxylic acids is 1. The average Bonchev–Trinajstić information content (AvgIpc) is 3.20. The van der Waals surface area contributed by atoms with Crippen LogP contribution >= 0.6 is 23.4 Å². The van der Waals surface area contributed by atoms with E-state index in [9.17, 15) is 9.90 Å². The first-order chi connectivity index (χ1) is 16.0. The summed E-state index contributed by atoms with van der Waals surface area (Å²) in [5, 5.41) is 14.1. The van der Waals surface area contributed by atoms with E-state index in [0.717, 1.165) is 44.7 Å². The van der Waals surface area contributed by atoms with E-state index in [0.29, 0.717) is 12.8 Å². The third kappa shape index (κ3) is 5.89. The van der Waals surface area contributed by atoms with Gasteiger partial charge in [0.2, 0.25) is 0 Å². The van der Waals surface area contributed by atoms with Crippen molar-refractivity contribution in [2.24, 2.45) is 0 Å². The van der Waals surface area contributed by atoms with Gasteiger partial charge >= 0.3 is 5.97 Å². The van der Waals surface area contributed by atoms with Crippen molar-refractivity contribution in [3.63, 3.8) is 0 Å². The Balaban J connectivity index is 0.00000149. The Bertz CT molecular complexity index is 1100. The summed E-state index contributed by atoms with van der Waals surface area (Å²) in [7, 11) is 1.65. The largest absolute Gasteiger partial charge is 0.496 e. The zero-order valence-electron chi connectivity index (χ0n) is 18.3. The summed E-state index contributed by atoms with van der Waals surface area (Å²) in [5.74, 6) is 0.797. The van der Waals surface area contributed by atoms with E-state index < -0.39 is 11.5 Å². The van der Waals surface area contributed by atoms with E-state index in [4.69, 9.17) is 21.1 Å². The summed E-state index contributed by atoms with van der Waals surface area (Å²) >= 11 is 7.76. The number of halogens is 1. The Hall–Kier alpha value is -2.96. The monoisotopic (exact) mass is 483 g/mol. The van der Waals surface area contributed by atoms with Crippen molar-refractivity contribution in [1.29, 1.82) is 0 Å². The number of benzene rings is 3. The molecule has 4 rings (SSSR count). The molecule has 0 heterocycles. The predicted octanol–water partition coefficient (Wildman–Crippen LogP) is 5.53. The molecule has 0 unspecified atom stereocenters. The van der Waals surface area contributed by atoms with Crippen LogP contribution in [0.4, 0.5) is 5.69 Å². The van der Waals surface area contributed by atoms with E-state index in [-0.39, 0.29) is 0 Å². The van der Waals surface area contributed by atoms with Crippen molar-refractivity contribution in [1.82, 2.24) is 0 Å². The molecule has 1 aliphatic carbocycles. The van der Waals surface area contributed by atoms with Crippen LogP contribution in [0.25, 0.3) is 0 Å². The van der Waals surface area contributed by atoms with Gasteiger partial charge in [-0.3, -0.25) is 0 Å². The van der Waals surface area contributed by atoms with Crippen molar-refractivity contribution < 1.29 is 19.4 Å². The van der Waals surface area contributed by atoms with E-state index in [1.54, 1.807) is 18.9 Å². The lowest BCUT2D eigenvalue weighted by atomic mass is 9.95. The number of ether oxygens (including phenoxy) is 1. The van der Waals surface area contributed by atoms with Crippen LogP contribution < -0.4 is 10.1 Å². The van der Waals surface area contributed by atoms with Crippen LogP contribution in [-0.4, -0.2) is 36.3 Å². The number of nitrogens with one attached hydrogen (secondary N) is 1. The SMILES string of the molecule is C=O.COc1ccc(NC2(C(=O)O)Cc3ccccc3C2)cc1SCCc1cccc(Cl)c1. The molecule has 3 aromatic rings. The first-order valence-corrected chi connectivity index (χ1v) is 11.8. The maximum atomic E-state index is 12.3. The van der Waals surface area contributed by atoms with Gasteiger partial charge in [-0.05, 0) is 53.4 Å². The minimum atomic E-state index is -1.04. The molecule has 0 aromatic heterocycles. The van der Waals surface area contributed by atoms with E-state index in [2.05, 4.69) is 11.4 Å². The molecule has 0 radical (unpaired) electrons. The lowest BCUT2D eigenvalue weighted by Crippen LogP contribution is -2.47. The number of fused-ring (bicyclic) bond motifs is 1. The molecule has 0 fully saturated rings. The van der Waals surface area contributed by atoms with Gasteiger partial charge in [-0.15, -0.1) is 11.8 Å². The molecule has 5 nitrogen and oxygen atoms in total. The van der Waals surface area contributed by atoms with Crippen LogP contribution in [0.1, 0.15) is 16.7 Å². The van der Waals surface area contributed by atoms with Gasteiger partial charge < -0.3 is 20.0 Å². The van der Waals surface area contributed by atoms with Gasteiger partial charge in [-0.25, -0.2) is 4.79 Å². The number of hydrogen-bond donors (Lipinski definition) is 2. The van der Waals surface area contributed by atoms with Crippen LogP contribution in [0.15, 0.2) is 71.6 Å². The molecule has 3 aromatic carbocycles. The topological polar surface area (TPSA) is 75.6 Å². The van der Waals surface area contributed by atoms with Gasteiger partial charge in [0.15, 0.2) is 0 Å². The number of carbonyl (C=O) groups is 2. The highest BCUT2D eigenvalue weighted by atomic mass is 35.5. The van der Waals surface area contributed by atoms with Gasteiger partial charge in [0.05, 0.1) is 12.0 Å². The summed E-state index contributed by atoms with van der Waals surface area (Å²) < 4.78 is 5.53. The summed E-state index contributed by atoms with van der Waals surface area (Å²) in [4.78, 5) is 21.2. The zero-order chi connectivity index (χ0) is 23.8. The molecule has 33 heavy (non-hydrogen) atoms. The Morgan fingerprint density at radius 1 is 1.09 bits per heavy atom. The number of aryl methyl sites for hydroxylation is 1. The molecule has 2 N–H and O–H groups in total. The molecule has 172 valence electrons. The number of methoxy groups -OCH3 is 1. The highest BCUT2D eigenvalue weighted by molar-refractivity contribution is 7.99. The van der Waals surface area contributed by atoms with Crippen molar-refractivity contribution in [2.45, 2.75) is 29.7 Å². The molecule has 0 amide bonds. The predicted molar refractivity (Wildman–Crippen MR) is 134 cm³/mol. The quantitative estimate of drug-likeness (QED) is 0.410. The number of anilines is 1. The van der Waals surface area contributed by atoms with Gasteiger partial charge in [0.1, 0.15) is 18.1 Å². The molecular formula is C26H26ClNO4S. The van der Waals surface area contributed by atoms with Gasteiger partial charge in [-0.1, -0.05) is 48.0 Å². The maximum absolute atomic E-state index is 12.3. The molecule has 0 spiro atoms. The second-order valence-corrected chi connectivity index (χ2v) is 9.30. The fourth-order valence-corrected chi connectivity index (χ4v) is 5.30.